The van der Waals surface area contributed by atoms with Gasteiger partial charge < -0.3 is 5.32 Å². The highest BCUT2D eigenvalue weighted by atomic mass is 35.5. The van der Waals surface area contributed by atoms with Gasteiger partial charge in [0.2, 0.25) is 0 Å². The van der Waals surface area contributed by atoms with Crippen LogP contribution >= 0.6 is 11.6 Å². The van der Waals surface area contributed by atoms with Crippen molar-refractivity contribution in [3.63, 3.8) is 0 Å². The SMILES string of the molecule is CCCC1CC1NCc1cccc(Cl)c1F. The molecule has 1 aliphatic carbocycles. The van der Waals surface area contributed by atoms with Crippen LogP contribution in [0.1, 0.15) is 31.7 Å². The van der Waals surface area contributed by atoms with Gasteiger partial charge in [-0.3, -0.25) is 0 Å². The summed E-state index contributed by atoms with van der Waals surface area (Å²) in [4.78, 5) is 0. The van der Waals surface area contributed by atoms with Crippen LogP contribution in [-0.4, -0.2) is 6.04 Å². The Bertz CT molecular complexity index is 367. The molecule has 0 bridgehead atoms. The molecule has 3 heteroatoms. The molecule has 1 aliphatic rings. The van der Waals surface area contributed by atoms with E-state index in [9.17, 15) is 4.39 Å². The monoisotopic (exact) mass is 241 g/mol. The molecule has 0 aromatic heterocycles. The summed E-state index contributed by atoms with van der Waals surface area (Å²) in [6, 6.07) is 5.74. The van der Waals surface area contributed by atoms with Crippen LogP contribution in [0.2, 0.25) is 5.02 Å². The van der Waals surface area contributed by atoms with E-state index in [0.29, 0.717) is 18.2 Å². The molecule has 0 radical (unpaired) electrons. The number of hydrogen-bond acceptors (Lipinski definition) is 1. The number of benzene rings is 1. The van der Waals surface area contributed by atoms with Crippen molar-refractivity contribution in [2.24, 2.45) is 5.92 Å². The Morgan fingerprint density at radius 2 is 2.31 bits per heavy atom. The van der Waals surface area contributed by atoms with Gasteiger partial charge in [-0.25, -0.2) is 4.39 Å². The molecule has 0 heterocycles. The van der Waals surface area contributed by atoms with Crippen molar-refractivity contribution in [2.45, 2.75) is 38.8 Å². The Hall–Kier alpha value is -0.600. The van der Waals surface area contributed by atoms with E-state index < -0.39 is 0 Å². The van der Waals surface area contributed by atoms with Crippen LogP contribution in [0.4, 0.5) is 4.39 Å². The standard InChI is InChI=1S/C13H17ClFN/c1-2-4-9-7-12(9)16-8-10-5-3-6-11(14)13(10)15/h3,5-6,9,12,16H,2,4,7-8H2,1H3. The maximum atomic E-state index is 13.5. The normalized spacial score (nSPS) is 23.4. The van der Waals surface area contributed by atoms with Crippen molar-refractivity contribution in [3.8, 4) is 0 Å². The second-order valence-corrected chi connectivity index (χ2v) is 4.89. The average molecular weight is 242 g/mol. The maximum absolute atomic E-state index is 13.5. The Balaban J connectivity index is 1.84. The molecule has 2 unspecified atom stereocenters. The predicted molar refractivity (Wildman–Crippen MR) is 65.1 cm³/mol. The van der Waals surface area contributed by atoms with Gasteiger partial charge in [-0.15, -0.1) is 0 Å². The van der Waals surface area contributed by atoms with Crippen LogP contribution in [0.3, 0.4) is 0 Å². The molecule has 0 amide bonds. The van der Waals surface area contributed by atoms with E-state index in [0.717, 1.165) is 5.92 Å². The molecule has 1 aromatic carbocycles. The minimum atomic E-state index is -0.288. The van der Waals surface area contributed by atoms with Crippen molar-refractivity contribution in [3.05, 3.63) is 34.6 Å². The molecule has 0 saturated heterocycles. The van der Waals surface area contributed by atoms with Gasteiger partial charge in [0.15, 0.2) is 0 Å². The maximum Gasteiger partial charge on any atom is 0.146 e. The van der Waals surface area contributed by atoms with Crippen LogP contribution in [0.5, 0.6) is 0 Å². The molecule has 2 atom stereocenters. The van der Waals surface area contributed by atoms with Gasteiger partial charge in [-0.05, 0) is 24.8 Å². The molecule has 1 N–H and O–H groups in total. The van der Waals surface area contributed by atoms with Crippen molar-refractivity contribution in [1.29, 1.82) is 0 Å². The van der Waals surface area contributed by atoms with Crippen LogP contribution in [-0.2, 0) is 6.54 Å². The zero-order chi connectivity index (χ0) is 11.5. The third-order valence-electron chi connectivity index (χ3n) is 3.17. The third-order valence-corrected chi connectivity index (χ3v) is 3.46. The molecular weight excluding hydrogens is 225 g/mol. The molecule has 1 saturated carbocycles. The number of nitrogens with one attached hydrogen (secondary N) is 1. The van der Waals surface area contributed by atoms with Gasteiger partial charge in [0, 0.05) is 18.2 Å². The van der Waals surface area contributed by atoms with E-state index in [1.165, 1.54) is 19.3 Å². The van der Waals surface area contributed by atoms with Crippen LogP contribution in [0, 0.1) is 11.7 Å². The first-order valence-electron chi connectivity index (χ1n) is 5.88. The van der Waals surface area contributed by atoms with Crippen molar-refractivity contribution < 1.29 is 4.39 Å². The molecule has 16 heavy (non-hydrogen) atoms. The lowest BCUT2D eigenvalue weighted by Crippen LogP contribution is -2.18. The Morgan fingerprint density at radius 3 is 3.06 bits per heavy atom. The second kappa shape index (κ2) is 5.15. The summed E-state index contributed by atoms with van der Waals surface area (Å²) < 4.78 is 13.5. The fourth-order valence-electron chi connectivity index (χ4n) is 2.11. The van der Waals surface area contributed by atoms with Crippen molar-refractivity contribution in [1.82, 2.24) is 5.32 Å². The lowest BCUT2D eigenvalue weighted by atomic mass is 10.2. The van der Waals surface area contributed by atoms with Crippen molar-refractivity contribution in [2.75, 3.05) is 0 Å². The fraction of sp³-hybridized carbons (Fsp3) is 0.538. The lowest BCUT2D eigenvalue weighted by molar-refractivity contribution is 0.565. The van der Waals surface area contributed by atoms with E-state index in [1.54, 1.807) is 18.2 Å². The van der Waals surface area contributed by atoms with E-state index >= 15 is 0 Å². The van der Waals surface area contributed by atoms with Crippen LogP contribution in [0.15, 0.2) is 18.2 Å². The van der Waals surface area contributed by atoms with E-state index in [-0.39, 0.29) is 10.8 Å². The van der Waals surface area contributed by atoms with Crippen molar-refractivity contribution >= 4 is 11.6 Å². The van der Waals surface area contributed by atoms with Crippen LogP contribution < -0.4 is 5.32 Å². The topological polar surface area (TPSA) is 12.0 Å². The molecule has 1 nitrogen and oxygen atoms in total. The molecule has 1 fully saturated rings. The Morgan fingerprint density at radius 1 is 1.50 bits per heavy atom. The van der Waals surface area contributed by atoms with E-state index in [2.05, 4.69) is 12.2 Å². The van der Waals surface area contributed by atoms with Gasteiger partial charge in [0.05, 0.1) is 5.02 Å². The largest absolute Gasteiger partial charge is 0.310 e. The molecule has 0 aliphatic heterocycles. The fourth-order valence-corrected chi connectivity index (χ4v) is 2.31. The number of rotatable bonds is 5. The predicted octanol–water partition coefficient (Wildman–Crippen LogP) is 3.76. The highest BCUT2D eigenvalue weighted by Gasteiger charge is 2.35. The van der Waals surface area contributed by atoms with Crippen LogP contribution in [0.25, 0.3) is 0 Å². The first-order chi connectivity index (χ1) is 7.72. The van der Waals surface area contributed by atoms with Gasteiger partial charge in [-0.1, -0.05) is 37.1 Å². The molecule has 1 aromatic rings. The van der Waals surface area contributed by atoms with Gasteiger partial charge >= 0.3 is 0 Å². The zero-order valence-electron chi connectivity index (χ0n) is 9.47. The first-order valence-corrected chi connectivity index (χ1v) is 6.26. The average Bonchev–Trinajstić information content (AvgIpc) is 3.00. The summed E-state index contributed by atoms with van der Waals surface area (Å²) in [5.41, 5.74) is 0.662. The highest BCUT2D eigenvalue weighted by molar-refractivity contribution is 6.30. The first kappa shape index (κ1) is 11.9. The summed E-state index contributed by atoms with van der Waals surface area (Å²) in [6.07, 6.45) is 3.74. The Kier molecular flexibility index (Phi) is 3.82. The van der Waals surface area contributed by atoms with E-state index in [4.69, 9.17) is 11.6 Å². The number of halogens is 2. The molecular formula is C13H17ClFN. The second-order valence-electron chi connectivity index (χ2n) is 4.48. The summed E-state index contributed by atoms with van der Waals surface area (Å²) in [7, 11) is 0. The van der Waals surface area contributed by atoms with Gasteiger partial charge in [0.25, 0.3) is 0 Å². The lowest BCUT2D eigenvalue weighted by Gasteiger charge is -2.06. The van der Waals surface area contributed by atoms with Gasteiger partial charge in [0.1, 0.15) is 5.82 Å². The number of hydrogen-bond donors (Lipinski definition) is 1. The molecule has 88 valence electrons. The molecule has 2 rings (SSSR count). The summed E-state index contributed by atoms with van der Waals surface area (Å²) in [5, 5.41) is 3.59. The zero-order valence-corrected chi connectivity index (χ0v) is 10.2. The van der Waals surface area contributed by atoms with Gasteiger partial charge in [-0.2, -0.15) is 0 Å². The molecule has 0 spiro atoms. The Labute approximate surface area is 101 Å². The third kappa shape index (κ3) is 2.74. The highest BCUT2D eigenvalue weighted by Crippen LogP contribution is 2.34. The summed E-state index contributed by atoms with van der Waals surface area (Å²) in [6.45, 7) is 2.78. The minimum Gasteiger partial charge on any atom is -0.310 e. The minimum absolute atomic E-state index is 0.209. The van der Waals surface area contributed by atoms with E-state index in [1.807, 2.05) is 0 Å². The summed E-state index contributed by atoms with van der Waals surface area (Å²) in [5.74, 6) is 0.511. The quantitative estimate of drug-likeness (QED) is 0.828. The smallest absolute Gasteiger partial charge is 0.146 e. The summed E-state index contributed by atoms with van der Waals surface area (Å²) >= 11 is 5.72.